The molecule has 0 atom stereocenters. The van der Waals surface area contributed by atoms with Gasteiger partial charge >= 0.3 is 18.1 Å². The molecule has 0 saturated heterocycles. The molecule has 4 rings (SSSR count). The minimum atomic E-state index is -4.73. The lowest BCUT2D eigenvalue weighted by molar-refractivity contribution is -0.325. The lowest BCUT2D eigenvalue weighted by Crippen LogP contribution is -2.19. The fraction of sp³-hybridized carbons (Fsp3) is 0.350. The van der Waals surface area contributed by atoms with E-state index in [2.05, 4.69) is 36.7 Å². The molecule has 1 aliphatic rings. The zero-order valence-corrected chi connectivity index (χ0v) is 16.4. The predicted molar refractivity (Wildman–Crippen MR) is 106 cm³/mol. The summed E-state index contributed by atoms with van der Waals surface area (Å²) in [5.74, 6) is 0. The number of halogens is 3. The van der Waals surface area contributed by atoms with Gasteiger partial charge in [0.25, 0.3) is 0 Å². The van der Waals surface area contributed by atoms with Crippen molar-refractivity contribution in [3.63, 3.8) is 0 Å². The Morgan fingerprint density at radius 1 is 1.03 bits per heavy atom. The van der Waals surface area contributed by atoms with Crippen LogP contribution in [0.15, 0.2) is 47.4 Å². The van der Waals surface area contributed by atoms with Crippen molar-refractivity contribution in [2.24, 2.45) is 0 Å². The number of aromatic nitrogens is 4. The molecule has 11 heteroatoms. The van der Waals surface area contributed by atoms with E-state index in [9.17, 15) is 18.0 Å². The average Bonchev–Trinajstić information content (AvgIpc) is 3.34. The average molecular weight is 435 g/mol. The van der Waals surface area contributed by atoms with E-state index >= 15 is 0 Å². The van der Waals surface area contributed by atoms with Crippen LogP contribution in [0.3, 0.4) is 0 Å². The fourth-order valence-corrected chi connectivity index (χ4v) is 3.28. The molecule has 0 saturated carbocycles. The van der Waals surface area contributed by atoms with E-state index in [1.54, 1.807) is 0 Å². The molecule has 0 spiro atoms. The van der Waals surface area contributed by atoms with Crippen molar-refractivity contribution in [2.75, 3.05) is 26.3 Å². The van der Waals surface area contributed by atoms with Gasteiger partial charge in [-0.15, -0.1) is 13.2 Å². The summed E-state index contributed by atoms with van der Waals surface area (Å²) in [4.78, 5) is 25.4. The van der Waals surface area contributed by atoms with Crippen LogP contribution in [-0.4, -0.2) is 57.1 Å². The maximum Gasteiger partial charge on any atom is 0.522 e. The minimum Gasteiger partial charge on any atom is -0.461 e. The van der Waals surface area contributed by atoms with Gasteiger partial charge in [0.1, 0.15) is 12.1 Å². The Morgan fingerprint density at radius 3 is 2.39 bits per heavy atom. The van der Waals surface area contributed by atoms with Crippen LogP contribution in [0, 0.1) is 0 Å². The highest BCUT2D eigenvalue weighted by atomic mass is 19.4. The quantitative estimate of drug-likeness (QED) is 0.432. The minimum absolute atomic E-state index is 0.138. The third-order valence-electron chi connectivity index (χ3n) is 4.73. The van der Waals surface area contributed by atoms with Gasteiger partial charge in [0, 0.05) is 19.6 Å². The van der Waals surface area contributed by atoms with Gasteiger partial charge in [-0.2, -0.15) is 4.98 Å². The van der Waals surface area contributed by atoms with Crippen LogP contribution in [0.2, 0.25) is 0 Å². The third-order valence-corrected chi connectivity index (χ3v) is 4.73. The number of nitrogens with zero attached hydrogens (tertiary/aromatic N) is 4. The molecule has 1 aliphatic heterocycles. The summed E-state index contributed by atoms with van der Waals surface area (Å²) in [5, 5.41) is 0. The van der Waals surface area contributed by atoms with Crippen molar-refractivity contribution in [2.45, 2.75) is 19.5 Å². The molecule has 3 aromatic rings. The predicted octanol–water partition coefficient (Wildman–Crippen LogP) is 2.45. The lowest BCUT2D eigenvalue weighted by Gasteiger charge is -2.14. The van der Waals surface area contributed by atoms with E-state index in [4.69, 9.17) is 4.74 Å². The van der Waals surface area contributed by atoms with Crippen molar-refractivity contribution in [1.29, 1.82) is 0 Å². The molecule has 8 nitrogen and oxygen atoms in total. The van der Waals surface area contributed by atoms with E-state index in [0.29, 0.717) is 11.2 Å². The van der Waals surface area contributed by atoms with Crippen LogP contribution < -0.4 is 10.4 Å². The first-order chi connectivity index (χ1) is 14.9. The molecule has 164 valence electrons. The second kappa shape index (κ2) is 8.90. The first kappa shape index (κ1) is 21.1. The van der Waals surface area contributed by atoms with Crippen LogP contribution in [-0.2, 0) is 17.8 Å². The summed E-state index contributed by atoms with van der Waals surface area (Å²) in [6.45, 7) is 1.94. The molecule has 0 unspecified atom stereocenters. The molecule has 0 bridgehead atoms. The van der Waals surface area contributed by atoms with Crippen LogP contribution in [0.25, 0.3) is 11.2 Å². The summed E-state index contributed by atoms with van der Waals surface area (Å²) in [7, 11) is 0. The molecule has 1 aromatic carbocycles. The van der Waals surface area contributed by atoms with Crippen molar-refractivity contribution in [3.8, 4) is 6.01 Å². The second-order valence-corrected chi connectivity index (χ2v) is 7.03. The maximum absolute atomic E-state index is 12.4. The topological polar surface area (TPSA) is 85.3 Å². The second-order valence-electron chi connectivity index (χ2n) is 7.03. The SMILES string of the molecule is O=c1[nH]c2cnc(OCCOC(F)(F)F)nc2n1Cc1ccc(CN2CC=CC2)cc1. The highest BCUT2D eigenvalue weighted by molar-refractivity contribution is 5.69. The highest BCUT2D eigenvalue weighted by Crippen LogP contribution is 2.17. The van der Waals surface area contributed by atoms with Crippen LogP contribution in [0.1, 0.15) is 11.1 Å². The van der Waals surface area contributed by atoms with E-state index < -0.39 is 13.0 Å². The lowest BCUT2D eigenvalue weighted by atomic mass is 10.1. The highest BCUT2D eigenvalue weighted by Gasteiger charge is 2.28. The summed E-state index contributed by atoms with van der Waals surface area (Å²) in [6, 6.07) is 7.82. The van der Waals surface area contributed by atoms with Gasteiger partial charge < -0.3 is 9.72 Å². The molecule has 0 aliphatic carbocycles. The van der Waals surface area contributed by atoms with Gasteiger partial charge in [0.15, 0.2) is 5.65 Å². The smallest absolute Gasteiger partial charge is 0.461 e. The Balaban J connectivity index is 1.44. The van der Waals surface area contributed by atoms with Crippen LogP contribution in [0.4, 0.5) is 13.2 Å². The van der Waals surface area contributed by atoms with Gasteiger partial charge in [-0.05, 0) is 11.1 Å². The van der Waals surface area contributed by atoms with Gasteiger partial charge in [-0.3, -0.25) is 14.2 Å². The largest absolute Gasteiger partial charge is 0.522 e. The zero-order chi connectivity index (χ0) is 21.8. The molecular weight excluding hydrogens is 415 g/mol. The number of nitrogens with one attached hydrogen (secondary N) is 1. The number of fused-ring (bicyclic) bond motifs is 1. The molecule has 1 N–H and O–H groups in total. The van der Waals surface area contributed by atoms with Crippen LogP contribution >= 0.6 is 0 Å². The first-order valence-electron chi connectivity index (χ1n) is 9.61. The molecule has 0 fully saturated rings. The number of ether oxygens (including phenoxy) is 2. The molecule has 0 radical (unpaired) electrons. The Morgan fingerprint density at radius 2 is 1.71 bits per heavy atom. The first-order valence-corrected chi connectivity index (χ1v) is 9.61. The standard InChI is InChI=1S/C20H20F3N5O3/c21-20(22,23)31-10-9-30-18-24-11-16-17(26-18)28(19(29)25-16)13-15-5-3-14(4-6-15)12-27-7-1-2-8-27/h1-6,11H,7-10,12-13H2,(H,25,29). The van der Waals surface area contributed by atoms with Crippen molar-refractivity contribution < 1.29 is 22.6 Å². The van der Waals surface area contributed by atoms with Crippen molar-refractivity contribution >= 4 is 11.2 Å². The van der Waals surface area contributed by atoms with E-state index in [1.165, 1.54) is 16.3 Å². The number of alkyl halides is 3. The molecule has 31 heavy (non-hydrogen) atoms. The Labute approximate surface area is 174 Å². The number of benzene rings is 1. The fourth-order valence-electron chi connectivity index (χ4n) is 3.28. The van der Waals surface area contributed by atoms with Gasteiger partial charge in [-0.1, -0.05) is 36.4 Å². The number of H-pyrrole nitrogens is 1. The van der Waals surface area contributed by atoms with Crippen molar-refractivity contribution in [1.82, 2.24) is 24.4 Å². The normalized spacial score (nSPS) is 14.5. The summed E-state index contributed by atoms with van der Waals surface area (Å²) < 4.78 is 46.3. The van der Waals surface area contributed by atoms with Crippen molar-refractivity contribution in [3.05, 3.63) is 64.2 Å². The van der Waals surface area contributed by atoms with E-state index in [-0.39, 0.29) is 24.9 Å². The number of rotatable bonds is 8. The monoisotopic (exact) mass is 435 g/mol. The summed E-state index contributed by atoms with van der Waals surface area (Å²) >= 11 is 0. The van der Waals surface area contributed by atoms with Crippen LogP contribution in [0.5, 0.6) is 6.01 Å². The van der Waals surface area contributed by atoms with Gasteiger partial charge in [-0.25, -0.2) is 9.78 Å². The maximum atomic E-state index is 12.4. The molecular formula is C20H20F3N5O3. The molecule has 3 heterocycles. The zero-order valence-electron chi connectivity index (χ0n) is 16.4. The number of hydrogen-bond donors (Lipinski definition) is 1. The Hall–Kier alpha value is -3.18. The Kier molecular flexibility index (Phi) is 6.05. The summed E-state index contributed by atoms with van der Waals surface area (Å²) in [6.07, 6.45) is 0.908. The molecule has 0 amide bonds. The number of imidazole rings is 1. The van der Waals surface area contributed by atoms with E-state index in [1.807, 2.05) is 24.3 Å². The van der Waals surface area contributed by atoms with Gasteiger partial charge in [0.05, 0.1) is 19.3 Å². The summed E-state index contributed by atoms with van der Waals surface area (Å²) in [5.41, 5.74) is 2.43. The van der Waals surface area contributed by atoms with E-state index in [0.717, 1.165) is 25.2 Å². The Bertz CT molecular complexity index is 1110. The third kappa shape index (κ3) is 5.50. The van der Waals surface area contributed by atoms with Gasteiger partial charge in [0.2, 0.25) is 0 Å². The number of aromatic amines is 1. The number of hydrogen-bond acceptors (Lipinski definition) is 6. The molecule has 2 aromatic heterocycles.